The molecule has 0 unspecified atom stereocenters. The summed E-state index contributed by atoms with van der Waals surface area (Å²) in [6.07, 6.45) is 2.22. The van der Waals surface area contributed by atoms with Crippen LogP contribution in [0.1, 0.15) is 19.8 Å². The second kappa shape index (κ2) is 5.73. The maximum atomic E-state index is 11.0. The minimum absolute atomic E-state index is 0.114. The molecule has 9 heteroatoms. The number of hydrogen-bond donors (Lipinski definition) is 3. The summed E-state index contributed by atoms with van der Waals surface area (Å²) in [7, 11) is 0. The monoisotopic (exact) mass is 289 g/mol. The second-order valence-corrected chi connectivity index (χ2v) is 4.58. The highest BCUT2D eigenvalue weighted by Crippen LogP contribution is 2.24. The van der Waals surface area contributed by atoms with E-state index < -0.39 is 0 Å². The van der Waals surface area contributed by atoms with Gasteiger partial charge in [-0.2, -0.15) is 15.0 Å². The Morgan fingerprint density at radius 1 is 1.29 bits per heavy atom. The first kappa shape index (κ1) is 13.3. The third-order valence-corrected chi connectivity index (χ3v) is 2.71. The van der Waals surface area contributed by atoms with Crippen molar-refractivity contribution in [2.45, 2.75) is 25.8 Å². The molecule has 3 rings (SSSR count). The molecule has 2 aromatic heterocycles. The lowest BCUT2D eigenvalue weighted by molar-refractivity contribution is 0.417. The van der Waals surface area contributed by atoms with Crippen molar-refractivity contribution in [1.82, 2.24) is 25.1 Å². The zero-order chi connectivity index (χ0) is 14.7. The van der Waals surface area contributed by atoms with Crippen molar-refractivity contribution >= 4 is 11.9 Å². The molecule has 1 saturated carbocycles. The van der Waals surface area contributed by atoms with Crippen LogP contribution >= 0.6 is 0 Å². The Hall–Kier alpha value is -2.71. The number of anilines is 2. The zero-order valence-corrected chi connectivity index (χ0v) is 11.5. The van der Waals surface area contributed by atoms with Crippen LogP contribution in [-0.2, 0) is 0 Å². The van der Waals surface area contributed by atoms with Gasteiger partial charge in [0.2, 0.25) is 17.8 Å². The molecule has 1 fully saturated rings. The number of nitrogens with zero attached hydrogens (tertiary/aromatic N) is 4. The van der Waals surface area contributed by atoms with Crippen molar-refractivity contribution in [2.75, 3.05) is 17.2 Å². The van der Waals surface area contributed by atoms with Gasteiger partial charge in [-0.3, -0.25) is 4.79 Å². The molecule has 0 spiro atoms. The van der Waals surface area contributed by atoms with Crippen LogP contribution in [0.25, 0.3) is 0 Å². The maximum Gasteiger partial charge on any atom is 0.330 e. The highest BCUT2D eigenvalue weighted by atomic mass is 16.5. The third-order valence-electron chi connectivity index (χ3n) is 2.71. The fraction of sp³-hybridized carbons (Fsp3) is 0.417. The first-order valence-electron chi connectivity index (χ1n) is 6.73. The number of ether oxygens (including phenoxy) is 1. The summed E-state index contributed by atoms with van der Waals surface area (Å²) in [5, 5.41) is 12.2. The van der Waals surface area contributed by atoms with Crippen LogP contribution in [0.3, 0.4) is 0 Å². The van der Waals surface area contributed by atoms with Crippen LogP contribution < -0.4 is 20.9 Å². The van der Waals surface area contributed by atoms with E-state index in [0.717, 1.165) is 12.8 Å². The van der Waals surface area contributed by atoms with Crippen molar-refractivity contribution in [1.29, 1.82) is 0 Å². The van der Waals surface area contributed by atoms with Crippen LogP contribution in [0.15, 0.2) is 16.9 Å². The van der Waals surface area contributed by atoms with E-state index in [1.54, 1.807) is 0 Å². The molecule has 3 N–H and O–H groups in total. The average Bonchev–Trinajstić information content (AvgIpc) is 3.25. The largest absolute Gasteiger partial charge is 0.403 e. The van der Waals surface area contributed by atoms with Gasteiger partial charge in [0.15, 0.2) is 0 Å². The van der Waals surface area contributed by atoms with Gasteiger partial charge >= 0.3 is 6.01 Å². The molecule has 1 aliphatic rings. The summed E-state index contributed by atoms with van der Waals surface area (Å²) in [6.45, 7) is 2.63. The quantitative estimate of drug-likeness (QED) is 0.713. The van der Waals surface area contributed by atoms with Crippen LogP contribution in [0.2, 0.25) is 0 Å². The zero-order valence-electron chi connectivity index (χ0n) is 11.5. The van der Waals surface area contributed by atoms with E-state index in [-0.39, 0.29) is 17.4 Å². The van der Waals surface area contributed by atoms with Gasteiger partial charge in [0.1, 0.15) is 0 Å². The summed E-state index contributed by atoms with van der Waals surface area (Å²) in [5.74, 6) is 1.10. The Morgan fingerprint density at radius 3 is 2.76 bits per heavy atom. The van der Waals surface area contributed by atoms with Crippen molar-refractivity contribution in [3.63, 3.8) is 0 Å². The number of aromatic nitrogens is 5. The Kier molecular flexibility index (Phi) is 3.63. The van der Waals surface area contributed by atoms with Crippen LogP contribution in [0.4, 0.5) is 11.9 Å². The van der Waals surface area contributed by atoms with Gasteiger partial charge < -0.3 is 15.4 Å². The topological polar surface area (TPSA) is 118 Å². The molecule has 1 aliphatic carbocycles. The van der Waals surface area contributed by atoms with Gasteiger partial charge in [-0.1, -0.05) is 0 Å². The van der Waals surface area contributed by atoms with Crippen LogP contribution in [-0.4, -0.2) is 37.7 Å². The molecule has 0 amide bonds. The van der Waals surface area contributed by atoms with Crippen molar-refractivity contribution in [2.24, 2.45) is 0 Å². The number of rotatable bonds is 6. The lowest BCUT2D eigenvalue weighted by Gasteiger charge is -2.08. The number of H-pyrrole nitrogens is 1. The van der Waals surface area contributed by atoms with E-state index in [1.165, 1.54) is 12.1 Å². The Morgan fingerprint density at radius 2 is 2.10 bits per heavy atom. The van der Waals surface area contributed by atoms with Gasteiger partial charge in [-0.25, -0.2) is 5.10 Å². The van der Waals surface area contributed by atoms with Gasteiger partial charge in [-0.15, -0.1) is 5.10 Å². The standard InChI is InChI=1S/C12H15N7O2/c1-2-13-10-15-11(14-7-3-4-7)17-12(16-10)21-9-6-5-8(20)18-19-9/h5-7H,2-4H2,1H3,(H,18,20)(H2,13,14,15,16,17). The lowest BCUT2D eigenvalue weighted by Crippen LogP contribution is -2.11. The van der Waals surface area contributed by atoms with E-state index in [2.05, 4.69) is 35.8 Å². The lowest BCUT2D eigenvalue weighted by atomic mass is 10.6. The Labute approximate surface area is 120 Å². The molecule has 21 heavy (non-hydrogen) atoms. The smallest absolute Gasteiger partial charge is 0.330 e. The minimum Gasteiger partial charge on any atom is -0.403 e. The SMILES string of the molecule is CCNc1nc(NC2CC2)nc(Oc2ccc(=O)[nH]n2)n1. The van der Waals surface area contributed by atoms with E-state index in [1.807, 2.05) is 6.92 Å². The predicted octanol–water partition coefficient (Wildman–Crippen LogP) is 0.753. The van der Waals surface area contributed by atoms with E-state index in [9.17, 15) is 4.79 Å². The summed E-state index contributed by atoms with van der Waals surface area (Å²) in [4.78, 5) is 23.5. The Balaban J connectivity index is 1.82. The summed E-state index contributed by atoms with van der Waals surface area (Å²) in [6, 6.07) is 3.30. The van der Waals surface area contributed by atoms with Gasteiger partial charge in [0, 0.05) is 24.7 Å². The molecule has 110 valence electrons. The highest BCUT2D eigenvalue weighted by molar-refractivity contribution is 5.38. The molecular weight excluding hydrogens is 274 g/mol. The third kappa shape index (κ3) is 3.65. The summed E-state index contributed by atoms with van der Waals surface area (Å²) >= 11 is 0. The van der Waals surface area contributed by atoms with Crippen LogP contribution in [0.5, 0.6) is 11.9 Å². The predicted molar refractivity (Wildman–Crippen MR) is 75.6 cm³/mol. The molecular formula is C12H15N7O2. The summed E-state index contributed by atoms with van der Waals surface area (Å²) in [5.41, 5.74) is -0.303. The van der Waals surface area contributed by atoms with E-state index >= 15 is 0 Å². The molecule has 2 heterocycles. The fourth-order valence-electron chi connectivity index (χ4n) is 1.60. The molecule has 0 aromatic carbocycles. The van der Waals surface area contributed by atoms with Gasteiger partial charge in [0.05, 0.1) is 0 Å². The van der Waals surface area contributed by atoms with Gasteiger partial charge in [0.25, 0.3) is 5.56 Å². The van der Waals surface area contributed by atoms with E-state index in [4.69, 9.17) is 4.74 Å². The number of nitrogens with one attached hydrogen (secondary N) is 3. The Bertz CT molecular complexity index is 663. The van der Waals surface area contributed by atoms with E-state index in [0.29, 0.717) is 24.5 Å². The maximum absolute atomic E-state index is 11.0. The number of aromatic amines is 1. The first-order chi connectivity index (χ1) is 10.2. The van der Waals surface area contributed by atoms with Crippen molar-refractivity contribution in [3.05, 3.63) is 22.5 Å². The molecule has 0 radical (unpaired) electrons. The minimum atomic E-state index is -0.303. The molecule has 0 saturated heterocycles. The molecule has 2 aromatic rings. The molecule has 0 bridgehead atoms. The fourth-order valence-corrected chi connectivity index (χ4v) is 1.60. The normalized spacial score (nSPS) is 13.8. The van der Waals surface area contributed by atoms with Crippen LogP contribution in [0, 0.1) is 0 Å². The summed E-state index contributed by atoms with van der Waals surface area (Å²) < 4.78 is 5.44. The molecule has 0 atom stereocenters. The van der Waals surface area contributed by atoms with Crippen molar-refractivity contribution < 1.29 is 4.74 Å². The average molecular weight is 289 g/mol. The first-order valence-corrected chi connectivity index (χ1v) is 6.73. The number of hydrogen-bond acceptors (Lipinski definition) is 8. The highest BCUT2D eigenvalue weighted by Gasteiger charge is 2.22. The van der Waals surface area contributed by atoms with Crippen molar-refractivity contribution in [3.8, 4) is 11.9 Å². The van der Waals surface area contributed by atoms with Gasteiger partial charge in [-0.05, 0) is 19.8 Å². The molecule has 9 nitrogen and oxygen atoms in total. The molecule has 0 aliphatic heterocycles. The second-order valence-electron chi connectivity index (χ2n) is 4.58.